The molecule has 32 heavy (non-hydrogen) atoms. The first-order valence-electron chi connectivity index (χ1n) is 12.4. The molecule has 0 radical (unpaired) electrons. The van der Waals surface area contributed by atoms with E-state index in [-0.39, 0.29) is 12.0 Å². The van der Waals surface area contributed by atoms with Gasteiger partial charge in [-0.1, -0.05) is 29.8 Å². The number of hydrogen-bond donors (Lipinski definition) is 2. The number of nitrogens with zero attached hydrogens (tertiary/aromatic N) is 3. The maximum Gasteiger partial charge on any atom is 0.234 e. The quantitative estimate of drug-likeness (QED) is 0.502. The van der Waals surface area contributed by atoms with Crippen LogP contribution in [0.4, 0.5) is 0 Å². The fourth-order valence-electron chi connectivity index (χ4n) is 4.61. The number of guanidine groups is 1. The highest BCUT2D eigenvalue weighted by Gasteiger charge is 2.29. The highest BCUT2D eigenvalue weighted by atomic mass is 16.5. The summed E-state index contributed by atoms with van der Waals surface area (Å²) in [5, 5.41) is 6.57. The maximum absolute atomic E-state index is 12.1. The number of amides is 1. The second-order valence-electron chi connectivity index (χ2n) is 9.40. The number of nitrogens with one attached hydrogen (secondary N) is 2. The Kier molecular flexibility index (Phi) is 8.03. The van der Waals surface area contributed by atoms with E-state index < -0.39 is 0 Å². The summed E-state index contributed by atoms with van der Waals surface area (Å²) in [7, 11) is 0. The van der Waals surface area contributed by atoms with Gasteiger partial charge in [0.2, 0.25) is 5.91 Å². The molecule has 1 saturated carbocycles. The number of benzene rings is 1. The average Bonchev–Trinajstić information content (AvgIpc) is 3.62. The van der Waals surface area contributed by atoms with Gasteiger partial charge in [-0.25, -0.2) is 0 Å². The zero-order valence-electron chi connectivity index (χ0n) is 19.7. The summed E-state index contributed by atoms with van der Waals surface area (Å²) in [6.45, 7) is 10.8. The molecule has 2 aliphatic heterocycles. The van der Waals surface area contributed by atoms with Gasteiger partial charge in [-0.05, 0) is 45.1 Å². The summed E-state index contributed by atoms with van der Waals surface area (Å²) in [5.41, 5.74) is 2.54. The number of aliphatic imine (C=N–C) groups is 1. The number of carbonyl (C=O) groups is 1. The van der Waals surface area contributed by atoms with Crippen molar-refractivity contribution >= 4 is 11.9 Å². The molecular weight excluding hydrogens is 402 g/mol. The van der Waals surface area contributed by atoms with Crippen molar-refractivity contribution in [1.29, 1.82) is 0 Å². The van der Waals surface area contributed by atoms with Crippen molar-refractivity contribution in [3.63, 3.8) is 0 Å². The second kappa shape index (κ2) is 11.1. The summed E-state index contributed by atoms with van der Waals surface area (Å²) in [6, 6.07) is 9.17. The molecule has 4 rings (SSSR count). The first-order valence-corrected chi connectivity index (χ1v) is 12.4. The van der Waals surface area contributed by atoms with Gasteiger partial charge in [0.25, 0.3) is 0 Å². The van der Waals surface area contributed by atoms with E-state index in [2.05, 4.69) is 58.5 Å². The SMILES string of the molecule is CCNC(=NCC1CCCOC1c1ccc(C)cc1)N1CCN(CC(=O)NC2CC2)CC1. The molecule has 3 fully saturated rings. The third-order valence-electron chi connectivity index (χ3n) is 6.64. The van der Waals surface area contributed by atoms with Crippen molar-refractivity contribution in [3.05, 3.63) is 35.4 Å². The van der Waals surface area contributed by atoms with Crippen LogP contribution in [0.5, 0.6) is 0 Å². The average molecular weight is 442 g/mol. The Morgan fingerprint density at radius 1 is 1.12 bits per heavy atom. The van der Waals surface area contributed by atoms with Crippen LogP contribution in [-0.2, 0) is 9.53 Å². The van der Waals surface area contributed by atoms with Gasteiger partial charge in [0.15, 0.2) is 5.96 Å². The molecule has 2 heterocycles. The van der Waals surface area contributed by atoms with Crippen LogP contribution in [0.2, 0.25) is 0 Å². The van der Waals surface area contributed by atoms with E-state index in [0.717, 1.165) is 77.5 Å². The van der Waals surface area contributed by atoms with Crippen molar-refractivity contribution < 1.29 is 9.53 Å². The zero-order chi connectivity index (χ0) is 22.3. The molecule has 1 aliphatic carbocycles. The molecule has 2 atom stereocenters. The number of piperazine rings is 1. The van der Waals surface area contributed by atoms with Gasteiger partial charge >= 0.3 is 0 Å². The van der Waals surface area contributed by atoms with E-state index in [1.807, 2.05) is 0 Å². The molecule has 0 aromatic heterocycles. The van der Waals surface area contributed by atoms with Crippen LogP contribution in [0, 0.1) is 12.8 Å². The standard InChI is InChI=1S/C25H39N5O2/c1-3-26-25(30-14-12-29(13-15-30)18-23(31)28-22-10-11-22)27-17-21-5-4-16-32-24(21)20-8-6-19(2)7-9-20/h6-9,21-22,24H,3-5,10-18H2,1-2H3,(H,26,27)(H,28,31). The van der Waals surface area contributed by atoms with E-state index in [9.17, 15) is 4.79 Å². The van der Waals surface area contributed by atoms with Gasteiger partial charge in [-0.2, -0.15) is 0 Å². The monoisotopic (exact) mass is 441 g/mol. The Bertz CT molecular complexity index is 769. The number of hydrogen-bond acceptors (Lipinski definition) is 4. The lowest BCUT2D eigenvalue weighted by atomic mass is 9.89. The van der Waals surface area contributed by atoms with Crippen molar-refractivity contribution in [3.8, 4) is 0 Å². The summed E-state index contributed by atoms with van der Waals surface area (Å²) >= 11 is 0. The normalized spacial score (nSPS) is 24.9. The first-order chi connectivity index (χ1) is 15.6. The van der Waals surface area contributed by atoms with E-state index in [0.29, 0.717) is 18.5 Å². The van der Waals surface area contributed by atoms with Crippen molar-refractivity contribution in [2.24, 2.45) is 10.9 Å². The lowest BCUT2D eigenvalue weighted by Gasteiger charge is -2.37. The summed E-state index contributed by atoms with van der Waals surface area (Å²) in [6.07, 6.45) is 4.64. The van der Waals surface area contributed by atoms with Crippen LogP contribution in [0.25, 0.3) is 0 Å². The lowest BCUT2D eigenvalue weighted by molar-refractivity contribution is -0.122. The fraction of sp³-hybridized carbons (Fsp3) is 0.680. The topological polar surface area (TPSA) is 69.2 Å². The smallest absolute Gasteiger partial charge is 0.234 e. The van der Waals surface area contributed by atoms with Crippen LogP contribution in [-0.4, -0.2) is 80.1 Å². The van der Waals surface area contributed by atoms with Crippen molar-refractivity contribution in [2.75, 3.05) is 52.4 Å². The van der Waals surface area contributed by atoms with E-state index in [4.69, 9.17) is 9.73 Å². The molecule has 0 bridgehead atoms. The maximum atomic E-state index is 12.1. The van der Waals surface area contributed by atoms with Gasteiger partial charge < -0.3 is 20.3 Å². The first kappa shape index (κ1) is 23.1. The number of aryl methyl sites for hydroxylation is 1. The molecule has 176 valence electrons. The third kappa shape index (κ3) is 6.45. The van der Waals surface area contributed by atoms with E-state index in [1.165, 1.54) is 11.1 Å². The Balaban J connectivity index is 1.32. The molecule has 7 heteroatoms. The van der Waals surface area contributed by atoms with Crippen LogP contribution < -0.4 is 10.6 Å². The van der Waals surface area contributed by atoms with Crippen LogP contribution in [0.1, 0.15) is 49.8 Å². The molecule has 7 nitrogen and oxygen atoms in total. The molecule has 2 saturated heterocycles. The third-order valence-corrected chi connectivity index (χ3v) is 6.64. The largest absolute Gasteiger partial charge is 0.373 e. The van der Waals surface area contributed by atoms with Gasteiger partial charge in [0, 0.05) is 57.8 Å². The molecule has 2 N–H and O–H groups in total. The van der Waals surface area contributed by atoms with Crippen LogP contribution in [0.3, 0.4) is 0 Å². The van der Waals surface area contributed by atoms with E-state index >= 15 is 0 Å². The summed E-state index contributed by atoms with van der Waals surface area (Å²) in [5.74, 6) is 1.55. The fourth-order valence-corrected chi connectivity index (χ4v) is 4.61. The Hall–Kier alpha value is -2.12. The minimum atomic E-state index is 0.123. The minimum Gasteiger partial charge on any atom is -0.373 e. The molecular formula is C25H39N5O2. The van der Waals surface area contributed by atoms with Crippen LogP contribution in [0.15, 0.2) is 29.3 Å². The van der Waals surface area contributed by atoms with Gasteiger partial charge in [-0.15, -0.1) is 0 Å². The zero-order valence-corrected chi connectivity index (χ0v) is 19.7. The lowest BCUT2D eigenvalue weighted by Crippen LogP contribution is -2.54. The minimum absolute atomic E-state index is 0.123. The van der Waals surface area contributed by atoms with Gasteiger partial charge in [0.1, 0.15) is 0 Å². The van der Waals surface area contributed by atoms with Crippen molar-refractivity contribution in [2.45, 2.75) is 51.7 Å². The molecule has 3 aliphatic rings. The Labute approximate surface area is 192 Å². The number of carbonyl (C=O) groups excluding carboxylic acids is 1. The van der Waals surface area contributed by atoms with Crippen molar-refractivity contribution in [1.82, 2.24) is 20.4 Å². The predicted molar refractivity (Wildman–Crippen MR) is 128 cm³/mol. The highest BCUT2D eigenvalue weighted by Crippen LogP contribution is 2.34. The number of ether oxygens (including phenoxy) is 1. The highest BCUT2D eigenvalue weighted by molar-refractivity contribution is 5.80. The summed E-state index contributed by atoms with van der Waals surface area (Å²) < 4.78 is 6.19. The van der Waals surface area contributed by atoms with Gasteiger partial charge in [-0.3, -0.25) is 14.7 Å². The van der Waals surface area contributed by atoms with E-state index in [1.54, 1.807) is 0 Å². The Morgan fingerprint density at radius 3 is 2.56 bits per heavy atom. The number of rotatable bonds is 7. The van der Waals surface area contributed by atoms with Gasteiger partial charge in [0.05, 0.1) is 12.6 Å². The van der Waals surface area contributed by atoms with Crippen LogP contribution >= 0.6 is 0 Å². The molecule has 0 spiro atoms. The molecule has 1 amide bonds. The summed E-state index contributed by atoms with van der Waals surface area (Å²) in [4.78, 5) is 21.7. The molecule has 1 aromatic carbocycles. The Morgan fingerprint density at radius 2 is 1.88 bits per heavy atom. The molecule has 2 unspecified atom stereocenters. The molecule has 1 aromatic rings. The second-order valence-corrected chi connectivity index (χ2v) is 9.40. The predicted octanol–water partition coefficient (Wildman–Crippen LogP) is 2.32.